The molecule has 0 aromatic rings. The smallest absolute Gasteiger partial charge is 0.101 e. The van der Waals surface area contributed by atoms with Crippen molar-refractivity contribution in [2.24, 2.45) is 15.6 Å². The summed E-state index contributed by atoms with van der Waals surface area (Å²) < 4.78 is 15.6. The van der Waals surface area contributed by atoms with Crippen LogP contribution in [0, 0.1) is 5.41 Å². The molecule has 2 atom stereocenters. The third-order valence-corrected chi connectivity index (χ3v) is 2.78. The van der Waals surface area contributed by atoms with Crippen LogP contribution >= 0.6 is 0 Å². The second-order valence-corrected chi connectivity index (χ2v) is 5.27. The highest BCUT2D eigenvalue weighted by molar-refractivity contribution is 4.85. The van der Waals surface area contributed by atoms with E-state index in [9.17, 15) is 10.2 Å². The zero-order chi connectivity index (χ0) is 17.6. The van der Waals surface area contributed by atoms with Crippen molar-refractivity contribution in [3.63, 3.8) is 0 Å². The lowest BCUT2D eigenvalue weighted by atomic mass is 9.90. The van der Waals surface area contributed by atoms with E-state index in [2.05, 4.69) is 20.1 Å². The van der Waals surface area contributed by atoms with Crippen molar-refractivity contribution in [1.29, 1.82) is 0 Å². The Hall–Kier alpha value is -1.58. The van der Waals surface area contributed by atoms with E-state index < -0.39 is 17.6 Å². The first-order valence-electron chi connectivity index (χ1n) is 7.02. The zero-order valence-electron chi connectivity index (χ0n) is 13.4. The van der Waals surface area contributed by atoms with Crippen LogP contribution < -0.4 is 0 Å². The molecule has 0 fully saturated rings. The van der Waals surface area contributed by atoms with Gasteiger partial charge in [0.1, 0.15) is 6.10 Å². The molecule has 2 N–H and O–H groups in total. The highest BCUT2D eigenvalue weighted by Gasteiger charge is 2.30. The highest BCUT2D eigenvalue weighted by atomic mass is 16.5. The second-order valence-electron chi connectivity index (χ2n) is 5.27. The van der Waals surface area contributed by atoms with Crippen molar-refractivity contribution < 1.29 is 24.4 Å². The molecule has 0 aromatic carbocycles. The minimum absolute atomic E-state index is 0.0112. The topological polar surface area (TPSA) is 166 Å². The highest BCUT2D eigenvalue weighted by Crippen LogP contribution is 2.21. The molecule has 0 aliphatic carbocycles. The molecule has 0 saturated carbocycles. The first-order chi connectivity index (χ1) is 11.0. The first-order valence-corrected chi connectivity index (χ1v) is 7.02. The maximum absolute atomic E-state index is 9.57. The van der Waals surface area contributed by atoms with Crippen LogP contribution in [-0.2, 0) is 14.2 Å². The third kappa shape index (κ3) is 10.7. The summed E-state index contributed by atoms with van der Waals surface area (Å²) in [5, 5.41) is 25.8. The molecule has 0 amide bonds. The van der Waals surface area contributed by atoms with Crippen molar-refractivity contribution in [2.75, 3.05) is 53.2 Å². The molecule has 0 spiro atoms. The maximum atomic E-state index is 9.57. The van der Waals surface area contributed by atoms with Gasteiger partial charge in [-0.05, 0) is 18.0 Å². The standard InChI is InChI=1S/C12H24N6O5/c1-10(19)3-22-8-12(6-15-17-13,7-16-18-14)9-23-5-11(20)4-21-2/h10-11,19-20H,3-9H2,1-2H3. The summed E-state index contributed by atoms with van der Waals surface area (Å²) in [5.74, 6) is 0. The quantitative estimate of drug-likeness (QED) is 0.275. The van der Waals surface area contributed by atoms with Gasteiger partial charge in [-0.15, -0.1) is 0 Å². The normalized spacial score (nSPS) is 15.8. The van der Waals surface area contributed by atoms with E-state index in [1.54, 1.807) is 6.92 Å². The number of hydrogen-bond acceptors (Lipinski definition) is 7. The Balaban J connectivity index is 4.80. The summed E-state index contributed by atoms with van der Waals surface area (Å²) in [5.41, 5.74) is 16.2. The molecule has 0 bridgehead atoms. The summed E-state index contributed by atoms with van der Waals surface area (Å²) in [4.78, 5) is 5.41. The van der Waals surface area contributed by atoms with Crippen LogP contribution in [-0.4, -0.2) is 75.7 Å². The van der Waals surface area contributed by atoms with Crippen molar-refractivity contribution in [3.8, 4) is 0 Å². The number of rotatable bonds is 14. The Morgan fingerprint density at radius 3 is 1.96 bits per heavy atom. The molecule has 0 aliphatic heterocycles. The summed E-state index contributed by atoms with van der Waals surface area (Å²) >= 11 is 0. The molecule has 23 heavy (non-hydrogen) atoms. The van der Waals surface area contributed by atoms with E-state index in [1.807, 2.05) is 0 Å². The van der Waals surface area contributed by atoms with E-state index in [4.69, 9.17) is 25.3 Å². The Bertz CT molecular complexity index is 389. The molecule has 0 saturated heterocycles. The van der Waals surface area contributed by atoms with Crippen LogP contribution in [0.15, 0.2) is 10.2 Å². The van der Waals surface area contributed by atoms with E-state index >= 15 is 0 Å². The van der Waals surface area contributed by atoms with Crippen LogP contribution in [0.5, 0.6) is 0 Å². The van der Waals surface area contributed by atoms with Gasteiger partial charge in [-0.25, -0.2) is 0 Å². The average Bonchev–Trinajstić information content (AvgIpc) is 2.50. The zero-order valence-corrected chi connectivity index (χ0v) is 13.4. The van der Waals surface area contributed by atoms with Gasteiger partial charge < -0.3 is 24.4 Å². The number of aliphatic hydroxyl groups excluding tert-OH is 2. The molecule has 11 nitrogen and oxygen atoms in total. The molecular formula is C12H24N6O5. The fourth-order valence-corrected chi connectivity index (χ4v) is 1.74. The first kappa shape index (κ1) is 21.4. The maximum Gasteiger partial charge on any atom is 0.101 e. The molecule has 11 heteroatoms. The van der Waals surface area contributed by atoms with Crippen LogP contribution in [0.3, 0.4) is 0 Å². The fraction of sp³-hybridized carbons (Fsp3) is 1.00. The van der Waals surface area contributed by atoms with Crippen LogP contribution in [0.2, 0.25) is 0 Å². The lowest BCUT2D eigenvalue weighted by molar-refractivity contribution is -0.0597. The Morgan fingerprint density at radius 2 is 1.52 bits per heavy atom. The lowest BCUT2D eigenvalue weighted by Crippen LogP contribution is -2.40. The van der Waals surface area contributed by atoms with E-state index in [0.717, 1.165) is 0 Å². The van der Waals surface area contributed by atoms with Gasteiger partial charge in [0.25, 0.3) is 0 Å². The van der Waals surface area contributed by atoms with Crippen molar-refractivity contribution >= 4 is 0 Å². The van der Waals surface area contributed by atoms with Crippen molar-refractivity contribution in [3.05, 3.63) is 20.9 Å². The van der Waals surface area contributed by atoms with Gasteiger partial charge in [0, 0.05) is 35.4 Å². The molecule has 0 aromatic heterocycles. The van der Waals surface area contributed by atoms with Gasteiger partial charge in [0.05, 0.1) is 39.1 Å². The van der Waals surface area contributed by atoms with Gasteiger partial charge >= 0.3 is 0 Å². The Labute approximate surface area is 134 Å². The molecular weight excluding hydrogens is 308 g/mol. The predicted octanol–water partition coefficient (Wildman–Crippen LogP) is 1.01. The van der Waals surface area contributed by atoms with Crippen LogP contribution in [0.1, 0.15) is 6.92 Å². The molecule has 132 valence electrons. The largest absolute Gasteiger partial charge is 0.391 e. The van der Waals surface area contributed by atoms with Gasteiger partial charge in [-0.2, -0.15) is 0 Å². The van der Waals surface area contributed by atoms with E-state index in [-0.39, 0.29) is 46.1 Å². The fourth-order valence-electron chi connectivity index (χ4n) is 1.74. The summed E-state index contributed by atoms with van der Waals surface area (Å²) in [6, 6.07) is 0. The molecule has 0 aliphatic rings. The van der Waals surface area contributed by atoms with Gasteiger partial charge in [0.2, 0.25) is 0 Å². The lowest BCUT2D eigenvalue weighted by Gasteiger charge is -2.31. The Kier molecular flexibility index (Phi) is 12.0. The number of ether oxygens (including phenoxy) is 3. The molecule has 2 unspecified atom stereocenters. The SMILES string of the molecule is COCC(O)COCC(CN=[N+]=[N-])(CN=[N+]=[N-])COCC(C)O. The van der Waals surface area contributed by atoms with Crippen LogP contribution in [0.4, 0.5) is 0 Å². The van der Waals surface area contributed by atoms with Crippen LogP contribution in [0.25, 0.3) is 20.9 Å². The summed E-state index contributed by atoms with van der Waals surface area (Å²) in [7, 11) is 1.46. The monoisotopic (exact) mass is 332 g/mol. The van der Waals surface area contributed by atoms with Gasteiger partial charge in [-0.1, -0.05) is 10.2 Å². The number of methoxy groups -OCH3 is 1. The van der Waals surface area contributed by atoms with Crippen molar-refractivity contribution in [2.45, 2.75) is 19.1 Å². The minimum atomic E-state index is -0.875. The Morgan fingerprint density at radius 1 is 1.00 bits per heavy atom. The summed E-state index contributed by atoms with van der Waals surface area (Å²) in [6.07, 6.45) is -1.45. The average molecular weight is 332 g/mol. The van der Waals surface area contributed by atoms with Crippen molar-refractivity contribution in [1.82, 2.24) is 0 Å². The predicted molar refractivity (Wildman–Crippen MR) is 81.7 cm³/mol. The van der Waals surface area contributed by atoms with E-state index in [0.29, 0.717) is 0 Å². The number of hydrogen-bond donors (Lipinski definition) is 2. The third-order valence-electron chi connectivity index (χ3n) is 2.78. The summed E-state index contributed by atoms with van der Waals surface area (Å²) in [6.45, 7) is 1.88. The number of nitrogens with zero attached hydrogens (tertiary/aromatic N) is 6. The number of azide groups is 2. The van der Waals surface area contributed by atoms with Gasteiger partial charge in [-0.3, -0.25) is 0 Å². The number of aliphatic hydroxyl groups is 2. The van der Waals surface area contributed by atoms with E-state index in [1.165, 1.54) is 7.11 Å². The second kappa shape index (κ2) is 12.9. The van der Waals surface area contributed by atoms with Gasteiger partial charge in [0.15, 0.2) is 0 Å². The molecule has 0 rings (SSSR count). The minimum Gasteiger partial charge on any atom is -0.391 e. The molecule has 0 heterocycles. The molecule has 0 radical (unpaired) electrons.